The Morgan fingerprint density at radius 3 is 2.77 bits per heavy atom. The van der Waals surface area contributed by atoms with Gasteiger partial charge in [0.1, 0.15) is 0 Å². The first-order chi connectivity index (χ1) is 12.8. The fourth-order valence-corrected chi connectivity index (χ4v) is 3.60. The molecule has 1 N–H and O–H groups in total. The van der Waals surface area contributed by atoms with Gasteiger partial charge in [0.25, 0.3) is 5.91 Å². The molecule has 1 aliphatic heterocycles. The van der Waals surface area contributed by atoms with E-state index in [0.29, 0.717) is 5.92 Å². The summed E-state index contributed by atoms with van der Waals surface area (Å²) in [5.41, 5.74) is 2.22. The van der Waals surface area contributed by atoms with Crippen LogP contribution in [0.2, 0.25) is 0 Å². The smallest absolute Gasteiger partial charge is 0.289 e. The van der Waals surface area contributed by atoms with Crippen molar-refractivity contribution in [3.8, 4) is 0 Å². The Hall–Kier alpha value is -2.96. The first-order valence-electron chi connectivity index (χ1n) is 9.07. The molecule has 3 aromatic heterocycles. The van der Waals surface area contributed by atoms with Gasteiger partial charge in [-0.2, -0.15) is 0 Å². The van der Waals surface area contributed by atoms with Crippen molar-refractivity contribution in [2.24, 2.45) is 0 Å². The highest BCUT2D eigenvalue weighted by atomic mass is 16.2. The average Bonchev–Trinajstić information content (AvgIpc) is 3.22. The Morgan fingerprint density at radius 1 is 1.12 bits per heavy atom. The third-order valence-electron chi connectivity index (χ3n) is 5.18. The number of hydrogen-bond acceptors (Lipinski definition) is 5. The van der Waals surface area contributed by atoms with Crippen LogP contribution in [0.25, 0.3) is 5.52 Å². The van der Waals surface area contributed by atoms with Gasteiger partial charge in [0.2, 0.25) is 5.82 Å². The summed E-state index contributed by atoms with van der Waals surface area (Å²) in [7, 11) is 0. The van der Waals surface area contributed by atoms with Gasteiger partial charge >= 0.3 is 0 Å². The van der Waals surface area contributed by atoms with Crippen molar-refractivity contribution < 1.29 is 4.79 Å². The van der Waals surface area contributed by atoms with Crippen LogP contribution in [0.3, 0.4) is 0 Å². The summed E-state index contributed by atoms with van der Waals surface area (Å²) < 4.78 is 2.06. The van der Waals surface area contributed by atoms with Gasteiger partial charge in [-0.3, -0.25) is 4.79 Å². The van der Waals surface area contributed by atoms with Gasteiger partial charge in [-0.1, -0.05) is 0 Å². The molecular formula is C19H20N6O. The molecule has 4 heterocycles. The van der Waals surface area contributed by atoms with Crippen molar-refractivity contribution in [3.05, 3.63) is 54.5 Å². The third kappa shape index (κ3) is 2.79. The van der Waals surface area contributed by atoms with Gasteiger partial charge in [-0.25, -0.2) is 15.0 Å². The first-order valence-corrected chi connectivity index (χ1v) is 9.07. The quantitative estimate of drug-likeness (QED) is 0.781. The largest absolute Gasteiger partial charge is 0.353 e. The van der Waals surface area contributed by atoms with Crippen LogP contribution < -0.4 is 10.2 Å². The van der Waals surface area contributed by atoms with Crippen LogP contribution in [0.4, 0.5) is 5.82 Å². The van der Waals surface area contributed by atoms with E-state index < -0.39 is 0 Å². The van der Waals surface area contributed by atoms with E-state index >= 15 is 0 Å². The standard InChI is InChI=1S/C19H20N6O/c26-19(17-21-10-14(11-22-17)13-3-4-13)23-15-5-8-25(12-15)18-16-2-1-7-24(16)9-6-20-18/h1-2,6-7,9-11,13,15H,3-5,8,12H2,(H,23,26). The molecule has 1 aliphatic carbocycles. The van der Waals surface area contributed by atoms with Gasteiger partial charge in [-0.05, 0) is 42.9 Å². The van der Waals surface area contributed by atoms with Crippen molar-refractivity contribution in [1.29, 1.82) is 0 Å². The lowest BCUT2D eigenvalue weighted by atomic mass is 10.2. The molecule has 1 saturated heterocycles. The van der Waals surface area contributed by atoms with Crippen molar-refractivity contribution >= 4 is 17.2 Å². The fraction of sp³-hybridized carbons (Fsp3) is 0.368. The second-order valence-corrected chi connectivity index (χ2v) is 7.07. The Balaban J connectivity index is 1.26. The molecule has 0 aromatic carbocycles. The van der Waals surface area contributed by atoms with Gasteiger partial charge < -0.3 is 14.6 Å². The number of amides is 1. The van der Waals surface area contributed by atoms with Crippen LogP contribution >= 0.6 is 0 Å². The second kappa shape index (κ2) is 6.09. The van der Waals surface area contributed by atoms with Crippen molar-refractivity contribution in [3.63, 3.8) is 0 Å². The lowest BCUT2D eigenvalue weighted by molar-refractivity contribution is 0.0929. The molecule has 5 rings (SSSR count). The molecule has 7 nitrogen and oxygen atoms in total. The monoisotopic (exact) mass is 348 g/mol. The molecule has 132 valence electrons. The number of anilines is 1. The van der Waals surface area contributed by atoms with E-state index in [-0.39, 0.29) is 17.8 Å². The van der Waals surface area contributed by atoms with E-state index in [9.17, 15) is 4.79 Å². The summed E-state index contributed by atoms with van der Waals surface area (Å²) >= 11 is 0. The van der Waals surface area contributed by atoms with Crippen LogP contribution in [-0.2, 0) is 0 Å². The van der Waals surface area contributed by atoms with Crippen LogP contribution in [0.15, 0.2) is 43.1 Å². The molecule has 26 heavy (non-hydrogen) atoms. The molecule has 1 amide bonds. The van der Waals surface area contributed by atoms with E-state index in [0.717, 1.165) is 36.4 Å². The average molecular weight is 348 g/mol. The number of nitrogens with one attached hydrogen (secondary N) is 1. The van der Waals surface area contributed by atoms with E-state index in [1.54, 1.807) is 12.4 Å². The maximum Gasteiger partial charge on any atom is 0.289 e. The zero-order chi connectivity index (χ0) is 17.5. The fourth-order valence-electron chi connectivity index (χ4n) is 3.60. The summed E-state index contributed by atoms with van der Waals surface area (Å²) in [5, 5.41) is 3.06. The van der Waals surface area contributed by atoms with Gasteiger partial charge in [0.05, 0.1) is 5.52 Å². The van der Waals surface area contributed by atoms with E-state index in [1.165, 1.54) is 12.8 Å². The lowest BCUT2D eigenvalue weighted by Crippen LogP contribution is -2.38. The van der Waals surface area contributed by atoms with Crippen LogP contribution in [-0.4, -0.2) is 44.4 Å². The van der Waals surface area contributed by atoms with Crippen LogP contribution in [0.5, 0.6) is 0 Å². The summed E-state index contributed by atoms with van der Waals surface area (Å²) in [6.07, 6.45) is 12.6. The van der Waals surface area contributed by atoms with Gasteiger partial charge in [-0.15, -0.1) is 0 Å². The maximum absolute atomic E-state index is 12.4. The van der Waals surface area contributed by atoms with Crippen LogP contribution in [0, 0.1) is 0 Å². The van der Waals surface area contributed by atoms with Crippen molar-refractivity contribution in [2.45, 2.75) is 31.2 Å². The minimum absolute atomic E-state index is 0.0752. The number of rotatable bonds is 4. The minimum atomic E-state index is -0.201. The normalized spacial score (nSPS) is 19.8. The number of carbonyl (C=O) groups excluding carboxylic acids is 1. The Morgan fingerprint density at radius 2 is 1.96 bits per heavy atom. The molecule has 1 saturated carbocycles. The Bertz CT molecular complexity index is 946. The van der Waals surface area contributed by atoms with E-state index in [2.05, 4.69) is 35.6 Å². The van der Waals surface area contributed by atoms with Gasteiger partial charge in [0.15, 0.2) is 5.82 Å². The molecule has 0 spiro atoms. The number of hydrogen-bond donors (Lipinski definition) is 1. The Labute approximate surface area is 151 Å². The summed E-state index contributed by atoms with van der Waals surface area (Å²) in [4.78, 5) is 27.7. The third-order valence-corrected chi connectivity index (χ3v) is 5.18. The van der Waals surface area contributed by atoms with Crippen molar-refractivity contribution in [1.82, 2.24) is 24.7 Å². The van der Waals surface area contributed by atoms with Gasteiger partial charge in [0, 0.05) is 50.1 Å². The number of carbonyl (C=O) groups is 1. The SMILES string of the molecule is O=C(NC1CCN(c2nccn3cccc23)C1)c1ncc(C2CC2)cn1. The highest BCUT2D eigenvalue weighted by molar-refractivity contribution is 5.90. The topological polar surface area (TPSA) is 75.4 Å². The molecule has 0 bridgehead atoms. The molecule has 3 aromatic rings. The lowest BCUT2D eigenvalue weighted by Gasteiger charge is -2.18. The molecule has 2 fully saturated rings. The molecule has 0 radical (unpaired) electrons. The summed E-state index contributed by atoms with van der Waals surface area (Å²) in [6, 6.07) is 4.15. The zero-order valence-corrected chi connectivity index (χ0v) is 14.4. The molecular weight excluding hydrogens is 328 g/mol. The zero-order valence-electron chi connectivity index (χ0n) is 14.4. The number of aromatic nitrogens is 4. The van der Waals surface area contributed by atoms with E-state index in [4.69, 9.17) is 0 Å². The number of nitrogens with zero attached hydrogens (tertiary/aromatic N) is 5. The highest BCUT2D eigenvalue weighted by Gasteiger charge is 2.28. The maximum atomic E-state index is 12.4. The predicted octanol–water partition coefficient (Wildman–Crippen LogP) is 2.01. The molecule has 2 aliphatic rings. The summed E-state index contributed by atoms with van der Waals surface area (Å²) in [5.74, 6) is 1.60. The van der Waals surface area contributed by atoms with Crippen LogP contribution in [0.1, 0.15) is 41.4 Å². The molecule has 7 heteroatoms. The Kier molecular flexibility index (Phi) is 3.58. The summed E-state index contributed by atoms with van der Waals surface area (Å²) in [6.45, 7) is 1.61. The van der Waals surface area contributed by atoms with E-state index in [1.807, 2.05) is 24.7 Å². The second-order valence-electron chi connectivity index (χ2n) is 7.07. The molecule has 1 atom stereocenters. The predicted molar refractivity (Wildman–Crippen MR) is 97.3 cm³/mol. The highest BCUT2D eigenvalue weighted by Crippen LogP contribution is 2.39. The first kappa shape index (κ1) is 15.3. The van der Waals surface area contributed by atoms with Crippen molar-refractivity contribution in [2.75, 3.05) is 18.0 Å². The minimum Gasteiger partial charge on any atom is -0.353 e. The molecule has 1 unspecified atom stereocenters. The number of fused-ring (bicyclic) bond motifs is 1.